The minimum absolute atomic E-state index is 0.254. The highest BCUT2D eigenvalue weighted by Crippen LogP contribution is 2.26. The Morgan fingerprint density at radius 1 is 1.57 bits per heavy atom. The normalized spacial score (nSPS) is 15.4. The Kier molecular flexibility index (Phi) is 4.37. The molecule has 0 saturated carbocycles. The van der Waals surface area contributed by atoms with Crippen molar-refractivity contribution in [1.29, 1.82) is 0 Å². The number of thiazole rings is 1. The van der Waals surface area contributed by atoms with Crippen molar-refractivity contribution < 1.29 is 21.8 Å². The van der Waals surface area contributed by atoms with Gasteiger partial charge >= 0.3 is 0 Å². The summed E-state index contributed by atoms with van der Waals surface area (Å²) in [6.45, 7) is 1.27. The lowest BCUT2D eigenvalue weighted by Crippen LogP contribution is -2.53. The molecule has 1 amide bonds. The number of furan rings is 1. The first-order valence-electron chi connectivity index (χ1n) is 6.80. The second kappa shape index (κ2) is 6.30. The lowest BCUT2D eigenvalue weighted by atomic mass is 10.2. The number of aromatic nitrogens is 1. The van der Waals surface area contributed by atoms with E-state index in [1.165, 1.54) is 17.6 Å². The molecule has 0 aromatic carbocycles. The van der Waals surface area contributed by atoms with Gasteiger partial charge in [0.05, 0.1) is 24.8 Å². The average Bonchev–Trinajstić information content (AvgIpc) is 3.10. The van der Waals surface area contributed by atoms with Gasteiger partial charge in [0, 0.05) is 18.5 Å². The second-order valence-corrected chi connectivity index (χ2v) is 7.55. The quantitative estimate of drug-likeness (QED) is 0.764. The third kappa shape index (κ3) is 4.09. The zero-order valence-electron chi connectivity index (χ0n) is 12.3. The van der Waals surface area contributed by atoms with Crippen LogP contribution in [0.25, 0.3) is 0 Å². The van der Waals surface area contributed by atoms with Gasteiger partial charge in [-0.2, -0.15) is 8.42 Å². The number of anilines is 1. The molecule has 23 heavy (non-hydrogen) atoms. The van der Waals surface area contributed by atoms with Crippen molar-refractivity contribution in [3.63, 3.8) is 0 Å². The molecule has 0 spiro atoms. The molecule has 0 aliphatic carbocycles. The van der Waals surface area contributed by atoms with Crippen LogP contribution in [0.2, 0.25) is 0 Å². The van der Waals surface area contributed by atoms with Crippen molar-refractivity contribution in [2.45, 2.75) is 12.6 Å². The minimum Gasteiger partial charge on any atom is -0.459 e. The Hall–Kier alpha value is -1.91. The van der Waals surface area contributed by atoms with E-state index in [1.54, 1.807) is 12.1 Å². The topological polar surface area (TPSA) is 102 Å². The van der Waals surface area contributed by atoms with Gasteiger partial charge in [0.2, 0.25) is 0 Å². The Balaban J connectivity index is 1.49. The van der Waals surface area contributed by atoms with E-state index in [0.717, 1.165) is 17.1 Å². The molecule has 2 aromatic rings. The van der Waals surface area contributed by atoms with E-state index in [4.69, 9.17) is 8.60 Å². The van der Waals surface area contributed by atoms with Gasteiger partial charge < -0.3 is 14.6 Å². The fourth-order valence-electron chi connectivity index (χ4n) is 2.09. The molecule has 1 fully saturated rings. The van der Waals surface area contributed by atoms with E-state index in [-0.39, 0.29) is 17.8 Å². The predicted molar refractivity (Wildman–Crippen MR) is 83.9 cm³/mol. The number of carbonyl (C=O) groups is 1. The molecule has 1 saturated heterocycles. The number of nitrogens with one attached hydrogen (secondary N) is 1. The van der Waals surface area contributed by atoms with E-state index in [9.17, 15) is 13.2 Å². The fraction of sp³-hybridized carbons (Fsp3) is 0.385. The van der Waals surface area contributed by atoms with Crippen molar-refractivity contribution in [3.05, 3.63) is 35.2 Å². The predicted octanol–water partition coefficient (Wildman–Crippen LogP) is 0.831. The summed E-state index contributed by atoms with van der Waals surface area (Å²) in [5.41, 5.74) is 0.734. The van der Waals surface area contributed by atoms with Crippen molar-refractivity contribution >= 4 is 32.5 Å². The molecule has 0 atom stereocenters. The molecule has 0 radical (unpaired) electrons. The van der Waals surface area contributed by atoms with Gasteiger partial charge in [-0.05, 0) is 12.1 Å². The van der Waals surface area contributed by atoms with Crippen LogP contribution in [0.5, 0.6) is 0 Å². The highest BCUT2D eigenvalue weighted by molar-refractivity contribution is 7.86. The summed E-state index contributed by atoms with van der Waals surface area (Å²) in [7, 11) is -3.42. The highest BCUT2D eigenvalue weighted by Gasteiger charge is 2.32. The van der Waals surface area contributed by atoms with Crippen LogP contribution in [0.15, 0.2) is 28.2 Å². The first-order valence-corrected chi connectivity index (χ1v) is 9.49. The van der Waals surface area contributed by atoms with E-state index in [0.29, 0.717) is 19.6 Å². The highest BCUT2D eigenvalue weighted by atomic mass is 32.2. The summed E-state index contributed by atoms with van der Waals surface area (Å²) >= 11 is 1.44. The second-order valence-electron chi connectivity index (χ2n) is 5.11. The van der Waals surface area contributed by atoms with Gasteiger partial charge in [0.15, 0.2) is 10.9 Å². The molecule has 0 unspecified atom stereocenters. The van der Waals surface area contributed by atoms with Crippen molar-refractivity contribution in [2.75, 3.05) is 24.2 Å². The molecule has 8 nitrogen and oxygen atoms in total. The maximum atomic E-state index is 11.7. The Labute approximate surface area is 137 Å². The largest absolute Gasteiger partial charge is 0.459 e. The Morgan fingerprint density at radius 3 is 3.00 bits per heavy atom. The molecular weight excluding hydrogens is 342 g/mol. The van der Waals surface area contributed by atoms with E-state index >= 15 is 0 Å². The summed E-state index contributed by atoms with van der Waals surface area (Å²) < 4.78 is 31.9. The van der Waals surface area contributed by atoms with Gasteiger partial charge in [0.1, 0.15) is 6.10 Å². The smallest absolute Gasteiger partial charge is 0.287 e. The van der Waals surface area contributed by atoms with E-state index in [1.807, 2.05) is 10.3 Å². The molecule has 3 heterocycles. The van der Waals surface area contributed by atoms with Crippen LogP contribution in [0.4, 0.5) is 5.13 Å². The van der Waals surface area contributed by atoms with Crippen LogP contribution < -0.4 is 10.2 Å². The number of amides is 1. The Bertz CT molecular complexity index is 778. The molecule has 0 bridgehead atoms. The summed E-state index contributed by atoms with van der Waals surface area (Å²) in [4.78, 5) is 18.1. The molecule has 3 rings (SSSR count). The molecule has 2 aromatic heterocycles. The maximum absolute atomic E-state index is 11.7. The number of nitrogens with zero attached hydrogens (tertiary/aromatic N) is 2. The van der Waals surface area contributed by atoms with E-state index < -0.39 is 10.1 Å². The minimum atomic E-state index is -3.42. The zero-order chi connectivity index (χ0) is 16.4. The SMILES string of the molecule is CS(=O)(=O)OC1CN(c2nc(CNC(=O)c3ccco3)cs2)C1. The van der Waals surface area contributed by atoms with Gasteiger partial charge in [-0.3, -0.25) is 8.98 Å². The van der Waals surface area contributed by atoms with Crippen molar-refractivity contribution in [3.8, 4) is 0 Å². The van der Waals surface area contributed by atoms with Crippen LogP contribution in [0, 0.1) is 0 Å². The van der Waals surface area contributed by atoms with Crippen LogP contribution >= 0.6 is 11.3 Å². The first-order chi connectivity index (χ1) is 10.9. The van der Waals surface area contributed by atoms with Gasteiger partial charge in [-0.25, -0.2) is 4.98 Å². The Morgan fingerprint density at radius 2 is 2.35 bits per heavy atom. The maximum Gasteiger partial charge on any atom is 0.287 e. The molecule has 1 aliphatic rings. The van der Waals surface area contributed by atoms with Crippen LogP contribution in [-0.4, -0.2) is 44.8 Å². The molecule has 1 aliphatic heterocycles. The first kappa shape index (κ1) is 16.0. The summed E-state index contributed by atoms with van der Waals surface area (Å²) in [6, 6.07) is 3.23. The summed E-state index contributed by atoms with van der Waals surface area (Å²) in [5.74, 6) is -0.0425. The standard InChI is InChI=1S/C13H15N3O5S2/c1-23(18,19)21-10-6-16(7-10)13-15-9(8-22-13)5-14-12(17)11-3-2-4-20-11/h2-4,8,10H,5-7H2,1H3,(H,14,17). The number of hydrogen-bond donors (Lipinski definition) is 1. The lowest BCUT2D eigenvalue weighted by Gasteiger charge is -2.37. The van der Waals surface area contributed by atoms with Crippen LogP contribution in [0.3, 0.4) is 0 Å². The third-order valence-corrected chi connectivity index (χ3v) is 4.72. The number of rotatable bonds is 6. The molecule has 10 heteroatoms. The van der Waals surface area contributed by atoms with Gasteiger partial charge in [0.25, 0.3) is 16.0 Å². The fourth-order valence-corrected chi connectivity index (χ4v) is 3.55. The average molecular weight is 357 g/mol. The van der Waals surface area contributed by atoms with E-state index in [2.05, 4.69) is 10.3 Å². The monoisotopic (exact) mass is 357 g/mol. The lowest BCUT2D eigenvalue weighted by molar-refractivity contribution is 0.0922. The third-order valence-electron chi connectivity index (χ3n) is 3.14. The van der Waals surface area contributed by atoms with Gasteiger partial charge in [-0.15, -0.1) is 11.3 Å². The zero-order valence-corrected chi connectivity index (χ0v) is 13.9. The molecule has 124 valence electrons. The number of carbonyl (C=O) groups excluding carboxylic acids is 1. The van der Waals surface area contributed by atoms with Gasteiger partial charge in [-0.1, -0.05) is 0 Å². The van der Waals surface area contributed by atoms with Crippen LogP contribution in [-0.2, 0) is 20.8 Å². The van der Waals surface area contributed by atoms with Crippen molar-refractivity contribution in [1.82, 2.24) is 10.3 Å². The molecule has 1 N–H and O–H groups in total. The summed E-state index contributed by atoms with van der Waals surface area (Å²) in [5, 5.41) is 5.35. The molecular formula is C13H15N3O5S2. The van der Waals surface area contributed by atoms with Crippen LogP contribution in [0.1, 0.15) is 16.2 Å². The number of hydrogen-bond acceptors (Lipinski definition) is 8. The van der Waals surface area contributed by atoms with Crippen molar-refractivity contribution in [2.24, 2.45) is 0 Å². The summed E-state index contributed by atoms with van der Waals surface area (Å²) in [6.07, 6.45) is 2.16.